The van der Waals surface area contributed by atoms with Gasteiger partial charge in [0.25, 0.3) is 0 Å². The van der Waals surface area contributed by atoms with Gasteiger partial charge in [-0.25, -0.2) is 4.79 Å². The van der Waals surface area contributed by atoms with E-state index in [0.29, 0.717) is 11.1 Å². The molecule has 0 aliphatic rings. The molecule has 0 fully saturated rings. The van der Waals surface area contributed by atoms with Crippen molar-refractivity contribution in [2.75, 3.05) is 0 Å². The maximum atomic E-state index is 10.3. The van der Waals surface area contributed by atoms with Gasteiger partial charge < -0.3 is 10.5 Å². The predicted octanol–water partition coefficient (Wildman–Crippen LogP) is 1.15. The Hall–Kier alpha value is -2.02. The van der Waals surface area contributed by atoms with E-state index in [1.165, 1.54) is 0 Å². The summed E-state index contributed by atoms with van der Waals surface area (Å²) in [6.07, 6.45) is -0.840. The summed E-state index contributed by atoms with van der Waals surface area (Å²) in [5.74, 6) is 0. The lowest BCUT2D eigenvalue weighted by Gasteiger charge is -2.02. The van der Waals surface area contributed by atoms with Gasteiger partial charge in [0.15, 0.2) is 0 Å². The van der Waals surface area contributed by atoms with Gasteiger partial charge in [-0.15, -0.1) is 0 Å². The number of benzene rings is 1. The van der Waals surface area contributed by atoms with E-state index >= 15 is 0 Å². The molecular weight excluding hydrogens is 168 g/mol. The van der Waals surface area contributed by atoms with Crippen LogP contribution in [0.2, 0.25) is 0 Å². The smallest absolute Gasteiger partial charge is 0.404 e. The van der Waals surface area contributed by atoms with Crippen LogP contribution in [0.25, 0.3) is 0 Å². The van der Waals surface area contributed by atoms with Crippen molar-refractivity contribution < 1.29 is 9.53 Å². The molecule has 0 atom stereocenters. The number of primary amides is 1. The Bertz CT molecular complexity index is 355. The van der Waals surface area contributed by atoms with E-state index in [1.54, 1.807) is 24.3 Å². The topological polar surface area (TPSA) is 76.1 Å². The average molecular weight is 176 g/mol. The van der Waals surface area contributed by atoms with Gasteiger partial charge in [0.1, 0.15) is 6.61 Å². The molecule has 4 heteroatoms. The zero-order valence-corrected chi connectivity index (χ0v) is 6.86. The van der Waals surface area contributed by atoms with Crippen LogP contribution in [0.1, 0.15) is 11.1 Å². The summed E-state index contributed by atoms with van der Waals surface area (Å²) in [5.41, 5.74) is 5.93. The number of hydrogen-bond donors (Lipinski definition) is 1. The van der Waals surface area contributed by atoms with Crippen LogP contribution in [-0.2, 0) is 11.3 Å². The number of rotatable bonds is 2. The minimum absolute atomic E-state index is 0.0407. The average Bonchev–Trinajstić information content (AvgIpc) is 2.15. The van der Waals surface area contributed by atoms with Gasteiger partial charge in [-0.3, -0.25) is 0 Å². The standard InChI is InChI=1S/C9H8N2O2/c10-5-7-3-1-2-4-8(7)6-13-9(11)12/h1-4H,6H2,(H2,11,12). The molecule has 1 rings (SSSR count). The second kappa shape index (κ2) is 4.12. The number of ether oxygens (including phenoxy) is 1. The Morgan fingerprint density at radius 2 is 2.23 bits per heavy atom. The number of nitrogens with two attached hydrogens (primary N) is 1. The Balaban J connectivity index is 2.77. The van der Waals surface area contributed by atoms with Crippen LogP contribution in [0.5, 0.6) is 0 Å². The van der Waals surface area contributed by atoms with E-state index in [9.17, 15) is 4.79 Å². The lowest BCUT2D eigenvalue weighted by Crippen LogP contribution is -2.13. The highest BCUT2D eigenvalue weighted by atomic mass is 16.5. The SMILES string of the molecule is N#Cc1ccccc1COC(N)=O. The maximum absolute atomic E-state index is 10.3. The lowest BCUT2D eigenvalue weighted by molar-refractivity contribution is 0.150. The lowest BCUT2D eigenvalue weighted by atomic mass is 10.1. The fraction of sp³-hybridized carbons (Fsp3) is 0.111. The summed E-state index contributed by atoms with van der Waals surface area (Å²) < 4.78 is 4.56. The second-order valence-corrected chi connectivity index (χ2v) is 2.38. The first-order valence-electron chi connectivity index (χ1n) is 3.64. The first-order valence-corrected chi connectivity index (χ1v) is 3.64. The van der Waals surface area contributed by atoms with Gasteiger partial charge in [0.05, 0.1) is 11.6 Å². The van der Waals surface area contributed by atoms with Crippen LogP contribution in [0, 0.1) is 11.3 Å². The summed E-state index contributed by atoms with van der Waals surface area (Å²) >= 11 is 0. The highest BCUT2D eigenvalue weighted by Crippen LogP contribution is 2.08. The molecule has 0 saturated carbocycles. The van der Waals surface area contributed by atoms with E-state index in [1.807, 2.05) is 6.07 Å². The first-order chi connectivity index (χ1) is 6.24. The summed E-state index contributed by atoms with van der Waals surface area (Å²) in [6, 6.07) is 8.86. The van der Waals surface area contributed by atoms with E-state index in [-0.39, 0.29) is 6.61 Å². The summed E-state index contributed by atoms with van der Waals surface area (Å²) in [7, 11) is 0. The third kappa shape index (κ3) is 2.49. The Morgan fingerprint density at radius 1 is 1.54 bits per heavy atom. The molecule has 4 nitrogen and oxygen atoms in total. The molecule has 13 heavy (non-hydrogen) atoms. The molecule has 0 aliphatic carbocycles. The third-order valence-electron chi connectivity index (χ3n) is 1.51. The van der Waals surface area contributed by atoms with Crippen molar-refractivity contribution in [2.45, 2.75) is 6.61 Å². The number of carbonyl (C=O) groups is 1. The maximum Gasteiger partial charge on any atom is 0.404 e. The Morgan fingerprint density at radius 3 is 2.85 bits per heavy atom. The fourth-order valence-electron chi connectivity index (χ4n) is 0.904. The second-order valence-electron chi connectivity index (χ2n) is 2.38. The Kier molecular flexibility index (Phi) is 2.87. The minimum atomic E-state index is -0.840. The largest absolute Gasteiger partial charge is 0.445 e. The van der Waals surface area contributed by atoms with Gasteiger partial charge in [0, 0.05) is 5.56 Å². The molecule has 0 radical (unpaired) electrons. The number of carbonyl (C=O) groups excluding carboxylic acids is 1. The molecule has 1 amide bonds. The molecule has 66 valence electrons. The molecule has 0 bridgehead atoms. The van der Waals surface area contributed by atoms with Crippen LogP contribution >= 0.6 is 0 Å². The van der Waals surface area contributed by atoms with Gasteiger partial charge >= 0.3 is 6.09 Å². The van der Waals surface area contributed by atoms with Crippen molar-refractivity contribution in [3.05, 3.63) is 35.4 Å². The van der Waals surface area contributed by atoms with E-state index < -0.39 is 6.09 Å². The quantitative estimate of drug-likeness (QED) is 0.734. The third-order valence-corrected chi connectivity index (χ3v) is 1.51. The highest BCUT2D eigenvalue weighted by molar-refractivity contribution is 5.64. The van der Waals surface area contributed by atoms with Crippen LogP contribution in [0.15, 0.2) is 24.3 Å². The van der Waals surface area contributed by atoms with Gasteiger partial charge in [-0.2, -0.15) is 5.26 Å². The number of hydrogen-bond acceptors (Lipinski definition) is 3. The van der Waals surface area contributed by atoms with Crippen molar-refractivity contribution >= 4 is 6.09 Å². The monoisotopic (exact) mass is 176 g/mol. The summed E-state index contributed by atoms with van der Waals surface area (Å²) in [6.45, 7) is 0.0407. The zero-order valence-electron chi connectivity index (χ0n) is 6.86. The summed E-state index contributed by atoms with van der Waals surface area (Å²) in [5, 5.41) is 8.66. The fourth-order valence-corrected chi connectivity index (χ4v) is 0.904. The minimum Gasteiger partial charge on any atom is -0.445 e. The number of amides is 1. The van der Waals surface area contributed by atoms with Crippen molar-refractivity contribution in [1.29, 1.82) is 5.26 Å². The molecule has 0 unspecified atom stereocenters. The zero-order chi connectivity index (χ0) is 9.68. The van der Waals surface area contributed by atoms with E-state index in [2.05, 4.69) is 4.74 Å². The summed E-state index contributed by atoms with van der Waals surface area (Å²) in [4.78, 5) is 10.3. The van der Waals surface area contributed by atoms with Crippen molar-refractivity contribution in [1.82, 2.24) is 0 Å². The van der Waals surface area contributed by atoms with Gasteiger partial charge in [-0.1, -0.05) is 18.2 Å². The van der Waals surface area contributed by atoms with Crippen molar-refractivity contribution in [3.63, 3.8) is 0 Å². The predicted molar refractivity (Wildman–Crippen MR) is 45.5 cm³/mol. The van der Waals surface area contributed by atoms with Crippen LogP contribution in [0.4, 0.5) is 4.79 Å². The molecular formula is C9H8N2O2. The van der Waals surface area contributed by atoms with Crippen LogP contribution in [-0.4, -0.2) is 6.09 Å². The first kappa shape index (κ1) is 9.07. The van der Waals surface area contributed by atoms with E-state index in [4.69, 9.17) is 11.0 Å². The van der Waals surface area contributed by atoms with Gasteiger partial charge in [-0.05, 0) is 6.07 Å². The molecule has 2 N–H and O–H groups in total. The number of nitriles is 1. The van der Waals surface area contributed by atoms with Gasteiger partial charge in [0.2, 0.25) is 0 Å². The molecule has 0 saturated heterocycles. The molecule has 0 aliphatic heterocycles. The molecule has 1 aromatic rings. The normalized spacial score (nSPS) is 8.85. The van der Waals surface area contributed by atoms with E-state index in [0.717, 1.165) is 0 Å². The van der Waals surface area contributed by atoms with Crippen molar-refractivity contribution in [2.24, 2.45) is 5.73 Å². The van der Waals surface area contributed by atoms with Crippen LogP contribution < -0.4 is 5.73 Å². The molecule has 0 heterocycles. The number of nitrogens with zero attached hydrogens (tertiary/aromatic N) is 1. The van der Waals surface area contributed by atoms with Crippen molar-refractivity contribution in [3.8, 4) is 6.07 Å². The highest BCUT2D eigenvalue weighted by Gasteiger charge is 2.01. The Labute approximate surface area is 75.5 Å². The molecule has 1 aromatic carbocycles. The molecule has 0 aromatic heterocycles. The molecule has 0 spiro atoms. The van der Waals surface area contributed by atoms with Crippen LogP contribution in [0.3, 0.4) is 0 Å².